The molecule has 2 saturated carbocycles. The third kappa shape index (κ3) is 6.90. The molecule has 0 radical (unpaired) electrons. The van der Waals surface area contributed by atoms with E-state index < -0.39 is 74.5 Å². The maximum atomic E-state index is 14.4. The van der Waals surface area contributed by atoms with Crippen molar-refractivity contribution in [2.45, 2.75) is 106 Å². The standard InChI is InChI=1S/C34H43FN6O8S/c35-26-10-6-8-21-18-40(20-25(21)26)33(46)49-23-16-28-29(42)37-34(31(44)38-50(47,48)24-12-13-24)17-22(34)9-4-2-1-3-5-11-27(30(43)41(28)19-23)36-32(45)39-14-7-15-39/h4,6,8-10,22-24,27-28H,1-3,5,7,11-20H2,(H,36,45)(H,37,42)(H,38,44)/b9-4-/t22-,23+,27-,28-,34+/m0/s1. The van der Waals surface area contributed by atoms with Gasteiger partial charge in [0, 0.05) is 37.5 Å². The zero-order valence-corrected chi connectivity index (χ0v) is 28.6. The Balaban J connectivity index is 1.13. The Labute approximate surface area is 290 Å². The van der Waals surface area contributed by atoms with Crippen LogP contribution in [0.1, 0.15) is 75.3 Å². The summed E-state index contributed by atoms with van der Waals surface area (Å²) in [4.78, 5) is 72.6. The Hall–Kier alpha value is -4.21. The zero-order chi connectivity index (χ0) is 35.2. The van der Waals surface area contributed by atoms with Gasteiger partial charge in [-0.3, -0.25) is 24.0 Å². The number of hydrogen-bond donors (Lipinski definition) is 3. The van der Waals surface area contributed by atoms with E-state index in [2.05, 4.69) is 15.4 Å². The van der Waals surface area contributed by atoms with E-state index in [9.17, 15) is 36.8 Å². The van der Waals surface area contributed by atoms with Crippen LogP contribution < -0.4 is 15.4 Å². The summed E-state index contributed by atoms with van der Waals surface area (Å²) < 4.78 is 47.8. The Morgan fingerprint density at radius 1 is 1.00 bits per heavy atom. The van der Waals surface area contributed by atoms with Crippen molar-refractivity contribution >= 4 is 39.9 Å². The van der Waals surface area contributed by atoms with E-state index in [4.69, 9.17) is 4.74 Å². The number of benzene rings is 1. The second-order valence-electron chi connectivity index (χ2n) is 14.3. The maximum absolute atomic E-state index is 14.4. The van der Waals surface area contributed by atoms with Gasteiger partial charge in [-0.2, -0.15) is 0 Å². The van der Waals surface area contributed by atoms with Crippen molar-refractivity contribution in [3.05, 3.63) is 47.3 Å². The van der Waals surface area contributed by atoms with Gasteiger partial charge in [0.15, 0.2) is 0 Å². The summed E-state index contributed by atoms with van der Waals surface area (Å²) in [5.74, 6) is -2.90. The number of sulfonamides is 1. The third-order valence-electron chi connectivity index (χ3n) is 10.7. The van der Waals surface area contributed by atoms with Gasteiger partial charge < -0.3 is 25.2 Å². The van der Waals surface area contributed by atoms with Gasteiger partial charge in [0.2, 0.25) is 21.8 Å². The van der Waals surface area contributed by atoms with Gasteiger partial charge >= 0.3 is 12.1 Å². The topological polar surface area (TPSA) is 175 Å². The minimum absolute atomic E-state index is 0.0149. The molecular formula is C34H43FN6O8S. The Kier molecular flexibility index (Phi) is 9.24. The first-order valence-electron chi connectivity index (χ1n) is 17.6. The number of ether oxygens (including phenoxy) is 1. The first-order chi connectivity index (χ1) is 23.9. The first kappa shape index (κ1) is 34.2. The van der Waals surface area contributed by atoms with Crippen LogP contribution in [0, 0.1) is 11.7 Å². The van der Waals surface area contributed by atoms with Crippen molar-refractivity contribution < 1.29 is 41.5 Å². The van der Waals surface area contributed by atoms with Crippen molar-refractivity contribution in [2.24, 2.45) is 5.92 Å². The molecule has 3 N–H and O–H groups in total. The molecule has 5 atom stereocenters. The fourth-order valence-electron chi connectivity index (χ4n) is 7.33. The normalized spacial score (nSPS) is 30.4. The van der Waals surface area contributed by atoms with E-state index >= 15 is 0 Å². The molecular weight excluding hydrogens is 671 g/mol. The summed E-state index contributed by atoms with van der Waals surface area (Å²) in [7, 11) is -3.90. The number of rotatable bonds is 5. The maximum Gasteiger partial charge on any atom is 0.410 e. The molecule has 16 heteroatoms. The van der Waals surface area contributed by atoms with Crippen LogP contribution in [0.4, 0.5) is 14.0 Å². The SMILES string of the molecule is O=C1N[C@]2(C(=O)NS(=O)(=O)C3CC3)C[C@@H]2/C=C\CCCCC[C@H](NC(=O)N2CCC2)C(=O)N2C[C@H](OC(=O)N3Cc4cccc(F)c4C3)C[C@@H]12. The number of nitrogens with one attached hydrogen (secondary N) is 3. The predicted molar refractivity (Wildman–Crippen MR) is 176 cm³/mol. The molecule has 0 unspecified atom stereocenters. The largest absolute Gasteiger partial charge is 0.444 e. The van der Waals surface area contributed by atoms with E-state index in [-0.39, 0.29) is 38.5 Å². The quantitative estimate of drug-likeness (QED) is 0.389. The van der Waals surface area contributed by atoms with Crippen molar-refractivity contribution in [2.75, 3.05) is 19.6 Å². The highest BCUT2D eigenvalue weighted by Crippen LogP contribution is 2.46. The molecule has 0 spiro atoms. The Morgan fingerprint density at radius 2 is 1.80 bits per heavy atom. The number of urea groups is 1. The van der Waals surface area contributed by atoms with Crippen LogP contribution in [-0.2, 0) is 42.2 Å². The lowest BCUT2D eigenvalue weighted by Gasteiger charge is -2.34. The molecule has 4 fully saturated rings. The summed E-state index contributed by atoms with van der Waals surface area (Å²) in [6, 6.07) is 2.13. The fourth-order valence-corrected chi connectivity index (χ4v) is 8.70. The number of amides is 6. The molecule has 50 heavy (non-hydrogen) atoms. The van der Waals surface area contributed by atoms with Gasteiger partial charge in [-0.1, -0.05) is 37.1 Å². The molecule has 4 aliphatic heterocycles. The highest BCUT2D eigenvalue weighted by molar-refractivity contribution is 7.91. The summed E-state index contributed by atoms with van der Waals surface area (Å²) in [6.07, 6.45) is 7.20. The lowest BCUT2D eigenvalue weighted by molar-refractivity contribution is -0.141. The van der Waals surface area contributed by atoms with Gasteiger partial charge in [0.05, 0.1) is 18.3 Å². The molecule has 1 aromatic carbocycles. The average molecular weight is 715 g/mol. The van der Waals surface area contributed by atoms with Gasteiger partial charge in [-0.25, -0.2) is 22.4 Å². The lowest BCUT2D eigenvalue weighted by Crippen LogP contribution is -2.59. The molecule has 6 aliphatic rings. The van der Waals surface area contributed by atoms with Crippen LogP contribution in [0.2, 0.25) is 0 Å². The molecule has 270 valence electrons. The van der Waals surface area contributed by atoms with Gasteiger partial charge in [-0.05, 0) is 56.6 Å². The van der Waals surface area contributed by atoms with E-state index in [1.165, 1.54) is 15.9 Å². The predicted octanol–water partition coefficient (Wildman–Crippen LogP) is 2.03. The smallest absolute Gasteiger partial charge is 0.410 e. The highest BCUT2D eigenvalue weighted by atomic mass is 32.2. The summed E-state index contributed by atoms with van der Waals surface area (Å²) >= 11 is 0. The van der Waals surface area contributed by atoms with E-state index in [1.54, 1.807) is 17.0 Å². The van der Waals surface area contributed by atoms with Crippen LogP contribution in [0.15, 0.2) is 30.4 Å². The Bertz CT molecular complexity index is 1710. The number of nitrogens with zero attached hydrogens (tertiary/aromatic N) is 3. The molecule has 1 aromatic rings. The van der Waals surface area contributed by atoms with Crippen LogP contribution in [-0.4, -0.2) is 102 Å². The lowest BCUT2D eigenvalue weighted by atomic mass is 10.0. The molecule has 0 bridgehead atoms. The molecule has 14 nitrogen and oxygen atoms in total. The minimum atomic E-state index is -3.90. The van der Waals surface area contributed by atoms with Crippen molar-refractivity contribution in [1.29, 1.82) is 0 Å². The monoisotopic (exact) mass is 714 g/mol. The summed E-state index contributed by atoms with van der Waals surface area (Å²) in [5, 5.41) is 5.02. The number of carbonyl (C=O) groups is 5. The van der Waals surface area contributed by atoms with Crippen LogP contribution in [0.5, 0.6) is 0 Å². The Morgan fingerprint density at radius 3 is 2.52 bits per heavy atom. The zero-order valence-electron chi connectivity index (χ0n) is 27.8. The minimum Gasteiger partial charge on any atom is -0.444 e. The molecule has 0 aromatic heterocycles. The van der Waals surface area contributed by atoms with Crippen molar-refractivity contribution in [3.63, 3.8) is 0 Å². The molecule has 4 heterocycles. The van der Waals surface area contributed by atoms with Crippen LogP contribution in [0.25, 0.3) is 0 Å². The number of fused-ring (bicyclic) bond motifs is 3. The first-order valence-corrected chi connectivity index (χ1v) is 19.1. The highest BCUT2D eigenvalue weighted by Gasteiger charge is 2.62. The number of likely N-dealkylation sites (tertiary alicyclic amines) is 1. The third-order valence-corrected chi connectivity index (χ3v) is 12.6. The molecule has 2 saturated heterocycles. The van der Waals surface area contributed by atoms with E-state index in [0.717, 1.165) is 19.3 Å². The average Bonchev–Trinajstić information content (AvgIpc) is 3.93. The van der Waals surface area contributed by atoms with E-state index in [1.807, 2.05) is 12.2 Å². The second kappa shape index (κ2) is 13.5. The number of carbonyl (C=O) groups excluding carboxylic acids is 5. The van der Waals surface area contributed by atoms with Crippen LogP contribution in [0.3, 0.4) is 0 Å². The van der Waals surface area contributed by atoms with Gasteiger partial charge in [0.25, 0.3) is 5.91 Å². The van der Waals surface area contributed by atoms with Gasteiger partial charge in [0.1, 0.15) is 29.5 Å². The second-order valence-corrected chi connectivity index (χ2v) is 16.3. The summed E-state index contributed by atoms with van der Waals surface area (Å²) in [5.41, 5.74) is -0.466. The number of halogens is 1. The van der Waals surface area contributed by atoms with E-state index in [0.29, 0.717) is 56.3 Å². The van der Waals surface area contributed by atoms with Crippen molar-refractivity contribution in [3.8, 4) is 0 Å². The van der Waals surface area contributed by atoms with Crippen LogP contribution >= 0.6 is 0 Å². The number of hydrogen-bond acceptors (Lipinski definition) is 8. The van der Waals surface area contributed by atoms with Gasteiger partial charge in [-0.15, -0.1) is 0 Å². The summed E-state index contributed by atoms with van der Waals surface area (Å²) in [6.45, 7) is 1.18. The molecule has 7 rings (SSSR count). The fraction of sp³-hybridized carbons (Fsp3) is 0.618. The number of allylic oxidation sites excluding steroid dienone is 1. The molecule has 6 amide bonds. The molecule has 2 aliphatic carbocycles. The van der Waals surface area contributed by atoms with Crippen molar-refractivity contribution in [1.82, 2.24) is 30.1 Å².